The zero-order valence-electron chi connectivity index (χ0n) is 13.7. The first-order valence-electron chi connectivity index (χ1n) is 7.76. The highest BCUT2D eigenvalue weighted by atomic mass is 16.5. The average molecular weight is 316 g/mol. The predicted octanol–water partition coefficient (Wildman–Crippen LogP) is 1.21. The molecule has 1 aromatic carbocycles. The van der Waals surface area contributed by atoms with Gasteiger partial charge in [-0.25, -0.2) is 0 Å². The Bertz CT molecular complexity index is 610. The van der Waals surface area contributed by atoms with Crippen LogP contribution in [-0.2, 0) is 11.3 Å². The molecule has 6 nitrogen and oxygen atoms in total. The van der Waals surface area contributed by atoms with E-state index in [4.69, 9.17) is 4.74 Å². The number of carbonyl (C=O) groups is 1. The topological polar surface area (TPSA) is 68.2 Å². The number of carbonyl (C=O) groups excluding carboxylic acids is 1. The van der Waals surface area contributed by atoms with Gasteiger partial charge in [-0.2, -0.15) is 5.10 Å². The number of nitrogens with one attached hydrogen (secondary N) is 2. The fourth-order valence-corrected chi connectivity index (χ4v) is 2.24. The van der Waals surface area contributed by atoms with Crippen LogP contribution in [0.2, 0.25) is 0 Å². The molecule has 0 spiro atoms. The standard InChI is InChI=1S/C17H24N4O2/c1-14-16(17(22)19-9-8-18-10-11-23-2)12-20-21(14)13-15-6-4-3-5-7-15/h3-7,12,18H,8-11,13H2,1-2H3,(H,19,22). The average Bonchev–Trinajstić information content (AvgIpc) is 2.92. The minimum Gasteiger partial charge on any atom is -0.383 e. The molecule has 0 unspecified atom stereocenters. The van der Waals surface area contributed by atoms with Crippen LogP contribution in [0.15, 0.2) is 36.5 Å². The highest BCUT2D eigenvalue weighted by molar-refractivity contribution is 5.95. The highest BCUT2D eigenvalue weighted by Gasteiger charge is 2.13. The predicted molar refractivity (Wildman–Crippen MR) is 89.6 cm³/mol. The van der Waals surface area contributed by atoms with E-state index in [0.717, 1.165) is 17.8 Å². The Morgan fingerprint density at radius 3 is 2.74 bits per heavy atom. The lowest BCUT2D eigenvalue weighted by Gasteiger charge is -2.07. The van der Waals surface area contributed by atoms with E-state index in [1.807, 2.05) is 41.9 Å². The number of aromatic nitrogens is 2. The van der Waals surface area contributed by atoms with Crippen molar-refractivity contribution in [3.05, 3.63) is 53.3 Å². The molecule has 6 heteroatoms. The molecule has 1 aromatic heterocycles. The van der Waals surface area contributed by atoms with Gasteiger partial charge < -0.3 is 15.4 Å². The number of rotatable bonds is 9. The fraction of sp³-hybridized carbons (Fsp3) is 0.412. The number of ether oxygens (including phenoxy) is 1. The van der Waals surface area contributed by atoms with Crippen molar-refractivity contribution in [1.29, 1.82) is 0 Å². The van der Waals surface area contributed by atoms with Crippen LogP contribution in [0, 0.1) is 6.92 Å². The zero-order valence-corrected chi connectivity index (χ0v) is 13.7. The van der Waals surface area contributed by atoms with Crippen molar-refractivity contribution < 1.29 is 9.53 Å². The van der Waals surface area contributed by atoms with Crippen LogP contribution >= 0.6 is 0 Å². The maximum Gasteiger partial charge on any atom is 0.254 e. The molecule has 0 aliphatic carbocycles. The van der Waals surface area contributed by atoms with E-state index in [-0.39, 0.29) is 5.91 Å². The second-order valence-corrected chi connectivity index (χ2v) is 5.29. The molecule has 0 fully saturated rings. The molecule has 0 radical (unpaired) electrons. The summed E-state index contributed by atoms with van der Waals surface area (Å²) in [5, 5.41) is 10.4. The van der Waals surface area contributed by atoms with Gasteiger partial charge in [0.2, 0.25) is 0 Å². The van der Waals surface area contributed by atoms with Gasteiger partial charge in [0.15, 0.2) is 0 Å². The van der Waals surface area contributed by atoms with Crippen molar-refractivity contribution in [2.24, 2.45) is 0 Å². The molecule has 0 atom stereocenters. The van der Waals surface area contributed by atoms with Crippen molar-refractivity contribution in [3.8, 4) is 0 Å². The third kappa shape index (κ3) is 5.19. The Morgan fingerprint density at radius 2 is 2.00 bits per heavy atom. The maximum absolute atomic E-state index is 12.2. The summed E-state index contributed by atoms with van der Waals surface area (Å²) in [4.78, 5) is 12.2. The smallest absolute Gasteiger partial charge is 0.254 e. The molecule has 23 heavy (non-hydrogen) atoms. The van der Waals surface area contributed by atoms with Crippen molar-refractivity contribution in [3.63, 3.8) is 0 Å². The molecule has 2 N–H and O–H groups in total. The molecule has 1 amide bonds. The molecule has 0 aliphatic heterocycles. The molecule has 0 saturated carbocycles. The number of benzene rings is 1. The summed E-state index contributed by atoms with van der Waals surface area (Å²) < 4.78 is 6.79. The molecular formula is C17H24N4O2. The molecule has 124 valence electrons. The first-order valence-corrected chi connectivity index (χ1v) is 7.76. The molecule has 2 rings (SSSR count). The number of hydrogen-bond donors (Lipinski definition) is 2. The van der Waals surface area contributed by atoms with E-state index >= 15 is 0 Å². The molecule has 1 heterocycles. The van der Waals surface area contributed by atoms with E-state index in [9.17, 15) is 4.79 Å². The Labute approximate surface area is 136 Å². The van der Waals surface area contributed by atoms with Gasteiger partial charge in [0, 0.05) is 32.4 Å². The third-order valence-electron chi connectivity index (χ3n) is 3.59. The van der Waals surface area contributed by atoms with Crippen LogP contribution in [0.3, 0.4) is 0 Å². The van der Waals surface area contributed by atoms with Gasteiger partial charge in [-0.1, -0.05) is 30.3 Å². The summed E-state index contributed by atoms with van der Waals surface area (Å²) in [6, 6.07) is 10.1. The van der Waals surface area contributed by atoms with Crippen molar-refractivity contribution in [2.45, 2.75) is 13.5 Å². The Hall–Kier alpha value is -2.18. The van der Waals surface area contributed by atoms with E-state index in [2.05, 4.69) is 15.7 Å². The van der Waals surface area contributed by atoms with Crippen molar-refractivity contribution >= 4 is 5.91 Å². The minimum atomic E-state index is -0.0876. The van der Waals surface area contributed by atoms with Crippen molar-refractivity contribution in [2.75, 3.05) is 33.4 Å². The molecule has 0 saturated heterocycles. The monoisotopic (exact) mass is 316 g/mol. The van der Waals surface area contributed by atoms with Gasteiger partial charge in [0.25, 0.3) is 5.91 Å². The lowest BCUT2D eigenvalue weighted by molar-refractivity contribution is 0.0953. The van der Waals surface area contributed by atoms with E-state index < -0.39 is 0 Å². The van der Waals surface area contributed by atoms with Gasteiger partial charge in [-0.3, -0.25) is 9.48 Å². The summed E-state index contributed by atoms with van der Waals surface area (Å²) in [7, 11) is 1.67. The fourth-order valence-electron chi connectivity index (χ4n) is 2.24. The zero-order chi connectivity index (χ0) is 16.5. The van der Waals surface area contributed by atoms with E-state index in [1.165, 1.54) is 0 Å². The number of methoxy groups -OCH3 is 1. The quantitative estimate of drug-likeness (QED) is 0.682. The van der Waals surface area contributed by atoms with Gasteiger partial charge >= 0.3 is 0 Å². The van der Waals surface area contributed by atoms with Gasteiger partial charge in [-0.05, 0) is 12.5 Å². The third-order valence-corrected chi connectivity index (χ3v) is 3.59. The largest absolute Gasteiger partial charge is 0.383 e. The van der Waals surface area contributed by atoms with Gasteiger partial charge in [-0.15, -0.1) is 0 Å². The van der Waals surface area contributed by atoms with Crippen LogP contribution in [-0.4, -0.2) is 49.0 Å². The van der Waals surface area contributed by atoms with Crippen LogP contribution < -0.4 is 10.6 Å². The van der Waals surface area contributed by atoms with Gasteiger partial charge in [0.05, 0.1) is 24.9 Å². The molecule has 2 aromatic rings. The summed E-state index contributed by atoms with van der Waals surface area (Å²) >= 11 is 0. The SMILES string of the molecule is COCCNCCNC(=O)c1cnn(Cc2ccccc2)c1C. The summed E-state index contributed by atoms with van der Waals surface area (Å²) in [6.45, 7) is 5.32. The molecular weight excluding hydrogens is 292 g/mol. The van der Waals surface area contributed by atoms with Crippen LogP contribution in [0.4, 0.5) is 0 Å². The number of hydrogen-bond acceptors (Lipinski definition) is 4. The van der Waals surface area contributed by atoms with E-state index in [1.54, 1.807) is 13.3 Å². The van der Waals surface area contributed by atoms with Crippen LogP contribution in [0.1, 0.15) is 21.6 Å². The van der Waals surface area contributed by atoms with E-state index in [0.29, 0.717) is 31.8 Å². The summed E-state index contributed by atoms with van der Waals surface area (Å²) in [5.41, 5.74) is 2.66. The maximum atomic E-state index is 12.2. The second kappa shape index (κ2) is 9.07. The van der Waals surface area contributed by atoms with Gasteiger partial charge in [0.1, 0.15) is 0 Å². The minimum absolute atomic E-state index is 0.0876. The Kier molecular flexibility index (Phi) is 6.77. The molecule has 0 aliphatic rings. The summed E-state index contributed by atoms with van der Waals surface area (Å²) in [5.74, 6) is -0.0876. The number of nitrogens with zero attached hydrogens (tertiary/aromatic N) is 2. The Morgan fingerprint density at radius 1 is 1.22 bits per heavy atom. The highest BCUT2D eigenvalue weighted by Crippen LogP contribution is 2.10. The number of amides is 1. The Balaban J connectivity index is 1.84. The second-order valence-electron chi connectivity index (χ2n) is 5.29. The lowest BCUT2D eigenvalue weighted by Crippen LogP contribution is -2.33. The van der Waals surface area contributed by atoms with Crippen molar-refractivity contribution in [1.82, 2.24) is 20.4 Å². The first kappa shape index (κ1) is 17.2. The normalized spacial score (nSPS) is 10.7. The molecule has 0 bridgehead atoms. The lowest BCUT2D eigenvalue weighted by atomic mass is 10.2. The van der Waals surface area contributed by atoms with Crippen LogP contribution in [0.5, 0.6) is 0 Å². The van der Waals surface area contributed by atoms with Crippen LogP contribution in [0.25, 0.3) is 0 Å². The summed E-state index contributed by atoms with van der Waals surface area (Å²) in [6.07, 6.45) is 1.63. The first-order chi connectivity index (χ1) is 11.2.